The zero-order valence-electron chi connectivity index (χ0n) is 14.2. The zero-order valence-corrected chi connectivity index (χ0v) is 14.2. The molecule has 1 amide bonds. The van der Waals surface area contributed by atoms with Crippen LogP contribution in [-0.4, -0.2) is 49.2 Å². The van der Waals surface area contributed by atoms with Crippen LogP contribution in [0, 0.1) is 0 Å². The number of nitrogens with one attached hydrogen (secondary N) is 1. The Labute approximate surface area is 137 Å². The predicted molar refractivity (Wildman–Crippen MR) is 89.2 cm³/mol. The summed E-state index contributed by atoms with van der Waals surface area (Å²) in [7, 11) is 1.60. The zero-order chi connectivity index (χ0) is 16.4. The van der Waals surface area contributed by atoms with E-state index in [0.717, 1.165) is 19.5 Å². The molecule has 2 aliphatic rings. The molecular weight excluding hydrogens is 292 g/mol. The Hall–Kier alpha value is -1.75. The van der Waals surface area contributed by atoms with Crippen LogP contribution in [0.15, 0.2) is 18.2 Å². The molecule has 0 aliphatic carbocycles. The van der Waals surface area contributed by atoms with Crippen molar-refractivity contribution in [2.24, 2.45) is 0 Å². The van der Waals surface area contributed by atoms with Crippen LogP contribution in [-0.2, 0) is 0 Å². The molecule has 126 valence electrons. The number of ether oxygens (including phenoxy) is 2. The Morgan fingerprint density at radius 2 is 2.00 bits per heavy atom. The highest BCUT2D eigenvalue weighted by Crippen LogP contribution is 2.30. The van der Waals surface area contributed by atoms with Crippen molar-refractivity contribution in [2.45, 2.75) is 51.3 Å². The van der Waals surface area contributed by atoms with Gasteiger partial charge in [0.05, 0.1) is 13.2 Å². The second-order valence-corrected chi connectivity index (χ2v) is 6.71. The lowest BCUT2D eigenvalue weighted by Crippen LogP contribution is -2.39. The van der Waals surface area contributed by atoms with Crippen molar-refractivity contribution in [1.29, 1.82) is 0 Å². The molecule has 2 bridgehead atoms. The van der Waals surface area contributed by atoms with E-state index in [1.807, 2.05) is 30.9 Å². The molecule has 1 aromatic rings. The SMILES string of the molecule is COc1cc(C(=O)N2CCC3CCC(C2)N3)ccc1OC(C)C. The summed E-state index contributed by atoms with van der Waals surface area (Å²) < 4.78 is 11.1. The largest absolute Gasteiger partial charge is 0.493 e. The third-order valence-electron chi connectivity index (χ3n) is 4.58. The number of carbonyl (C=O) groups is 1. The average Bonchev–Trinajstić information content (AvgIpc) is 2.85. The molecule has 0 spiro atoms. The van der Waals surface area contributed by atoms with Crippen LogP contribution in [0.1, 0.15) is 43.5 Å². The maximum Gasteiger partial charge on any atom is 0.254 e. The van der Waals surface area contributed by atoms with E-state index in [9.17, 15) is 4.79 Å². The molecule has 5 heteroatoms. The van der Waals surface area contributed by atoms with Crippen LogP contribution >= 0.6 is 0 Å². The van der Waals surface area contributed by atoms with Crippen molar-refractivity contribution in [2.75, 3.05) is 20.2 Å². The van der Waals surface area contributed by atoms with Crippen LogP contribution in [0.2, 0.25) is 0 Å². The van der Waals surface area contributed by atoms with Gasteiger partial charge >= 0.3 is 0 Å². The van der Waals surface area contributed by atoms with E-state index < -0.39 is 0 Å². The molecule has 1 aromatic carbocycles. The Balaban J connectivity index is 1.76. The Bertz CT molecular complexity index is 573. The fraction of sp³-hybridized carbons (Fsp3) is 0.611. The normalized spacial score (nSPS) is 23.7. The number of rotatable bonds is 4. The first-order chi connectivity index (χ1) is 11.1. The fourth-order valence-electron chi connectivity index (χ4n) is 3.46. The van der Waals surface area contributed by atoms with Gasteiger partial charge < -0.3 is 19.7 Å². The van der Waals surface area contributed by atoms with Crippen LogP contribution in [0.25, 0.3) is 0 Å². The highest BCUT2D eigenvalue weighted by molar-refractivity contribution is 5.95. The molecule has 3 rings (SSSR count). The number of carbonyl (C=O) groups excluding carboxylic acids is 1. The summed E-state index contributed by atoms with van der Waals surface area (Å²) in [6, 6.07) is 6.47. The van der Waals surface area contributed by atoms with Crippen molar-refractivity contribution >= 4 is 5.91 Å². The van der Waals surface area contributed by atoms with Gasteiger partial charge in [-0.1, -0.05) is 0 Å². The maximum atomic E-state index is 12.8. The fourth-order valence-corrected chi connectivity index (χ4v) is 3.46. The van der Waals surface area contributed by atoms with E-state index >= 15 is 0 Å². The van der Waals surface area contributed by atoms with Gasteiger partial charge in [0.25, 0.3) is 5.91 Å². The predicted octanol–water partition coefficient (Wildman–Crippen LogP) is 2.45. The molecule has 2 fully saturated rings. The summed E-state index contributed by atoms with van der Waals surface area (Å²) in [5, 5.41) is 3.60. The monoisotopic (exact) mass is 318 g/mol. The Morgan fingerprint density at radius 1 is 1.22 bits per heavy atom. The third kappa shape index (κ3) is 3.61. The Kier molecular flexibility index (Phi) is 4.76. The second-order valence-electron chi connectivity index (χ2n) is 6.71. The molecular formula is C18H26N2O3. The molecule has 2 saturated heterocycles. The highest BCUT2D eigenvalue weighted by Gasteiger charge is 2.31. The van der Waals surface area contributed by atoms with Crippen LogP contribution in [0.3, 0.4) is 0 Å². The molecule has 0 radical (unpaired) electrons. The van der Waals surface area contributed by atoms with Crippen LogP contribution in [0.5, 0.6) is 11.5 Å². The van der Waals surface area contributed by atoms with Crippen molar-refractivity contribution in [1.82, 2.24) is 10.2 Å². The van der Waals surface area contributed by atoms with E-state index in [2.05, 4.69) is 5.32 Å². The molecule has 5 nitrogen and oxygen atoms in total. The van der Waals surface area contributed by atoms with Crippen LogP contribution < -0.4 is 14.8 Å². The lowest BCUT2D eigenvalue weighted by Gasteiger charge is -2.24. The van der Waals surface area contributed by atoms with Gasteiger partial charge in [0, 0.05) is 30.7 Å². The number of hydrogen-bond donors (Lipinski definition) is 1. The van der Waals surface area contributed by atoms with Crippen molar-refractivity contribution < 1.29 is 14.3 Å². The number of amides is 1. The molecule has 2 aliphatic heterocycles. The summed E-state index contributed by atoms with van der Waals surface area (Å²) in [5.41, 5.74) is 0.663. The summed E-state index contributed by atoms with van der Waals surface area (Å²) >= 11 is 0. The topological polar surface area (TPSA) is 50.8 Å². The van der Waals surface area contributed by atoms with Gasteiger partial charge in [0.1, 0.15) is 0 Å². The highest BCUT2D eigenvalue weighted by atomic mass is 16.5. The lowest BCUT2D eigenvalue weighted by atomic mass is 10.1. The van der Waals surface area contributed by atoms with E-state index in [1.165, 1.54) is 12.8 Å². The number of fused-ring (bicyclic) bond motifs is 2. The quantitative estimate of drug-likeness (QED) is 0.926. The van der Waals surface area contributed by atoms with Crippen LogP contribution in [0.4, 0.5) is 0 Å². The first kappa shape index (κ1) is 16.1. The van der Waals surface area contributed by atoms with Gasteiger partial charge in [-0.2, -0.15) is 0 Å². The molecule has 2 unspecified atom stereocenters. The van der Waals surface area contributed by atoms with E-state index in [0.29, 0.717) is 29.1 Å². The van der Waals surface area contributed by atoms with Crippen molar-refractivity contribution in [3.8, 4) is 11.5 Å². The number of hydrogen-bond acceptors (Lipinski definition) is 4. The lowest BCUT2D eigenvalue weighted by molar-refractivity contribution is 0.0747. The molecule has 0 saturated carbocycles. The van der Waals surface area contributed by atoms with Crippen molar-refractivity contribution in [3.05, 3.63) is 23.8 Å². The molecule has 2 atom stereocenters. The minimum atomic E-state index is 0.0673. The van der Waals surface area contributed by atoms with Gasteiger partial charge in [-0.3, -0.25) is 4.79 Å². The third-order valence-corrected chi connectivity index (χ3v) is 4.58. The summed E-state index contributed by atoms with van der Waals surface area (Å²) in [6.45, 7) is 5.55. The summed E-state index contributed by atoms with van der Waals surface area (Å²) in [5.74, 6) is 1.36. The van der Waals surface area contributed by atoms with E-state index in [1.54, 1.807) is 13.2 Å². The van der Waals surface area contributed by atoms with Crippen molar-refractivity contribution in [3.63, 3.8) is 0 Å². The van der Waals surface area contributed by atoms with Gasteiger partial charge in [-0.05, 0) is 51.3 Å². The number of methoxy groups -OCH3 is 1. The number of benzene rings is 1. The second kappa shape index (κ2) is 6.79. The minimum Gasteiger partial charge on any atom is -0.493 e. The number of likely N-dealkylation sites (tertiary alicyclic amines) is 1. The first-order valence-corrected chi connectivity index (χ1v) is 8.47. The standard InChI is InChI=1S/C18H26N2O3/c1-12(2)23-16-7-4-13(10-17(16)22-3)18(21)20-9-8-14-5-6-15(11-20)19-14/h4,7,10,12,14-15,19H,5-6,8-9,11H2,1-3H3. The average molecular weight is 318 g/mol. The van der Waals surface area contributed by atoms with E-state index in [4.69, 9.17) is 9.47 Å². The van der Waals surface area contributed by atoms with Gasteiger partial charge in [-0.15, -0.1) is 0 Å². The smallest absolute Gasteiger partial charge is 0.254 e. The first-order valence-electron chi connectivity index (χ1n) is 8.47. The molecule has 23 heavy (non-hydrogen) atoms. The maximum absolute atomic E-state index is 12.8. The van der Waals surface area contributed by atoms with Gasteiger partial charge in [0.15, 0.2) is 11.5 Å². The minimum absolute atomic E-state index is 0.0673. The number of nitrogens with zero attached hydrogens (tertiary/aromatic N) is 1. The summed E-state index contributed by atoms with van der Waals surface area (Å²) in [4.78, 5) is 14.8. The van der Waals surface area contributed by atoms with Gasteiger partial charge in [0.2, 0.25) is 0 Å². The molecule has 0 aromatic heterocycles. The summed E-state index contributed by atoms with van der Waals surface area (Å²) in [6.07, 6.45) is 3.51. The van der Waals surface area contributed by atoms with E-state index in [-0.39, 0.29) is 12.0 Å². The van der Waals surface area contributed by atoms with Gasteiger partial charge in [-0.25, -0.2) is 0 Å². The molecule has 2 heterocycles. The Morgan fingerprint density at radius 3 is 2.74 bits per heavy atom. The molecule has 1 N–H and O–H groups in total.